The highest BCUT2D eigenvalue weighted by Crippen LogP contribution is 2.39. The Morgan fingerprint density at radius 3 is 2.36 bits per heavy atom. The van der Waals surface area contributed by atoms with Crippen LogP contribution in [0.2, 0.25) is 0 Å². The number of hydrogen-bond acceptors (Lipinski definition) is 3. The van der Waals surface area contributed by atoms with Crippen LogP contribution in [0.3, 0.4) is 0 Å². The summed E-state index contributed by atoms with van der Waals surface area (Å²) in [7, 11) is 0. The van der Waals surface area contributed by atoms with E-state index < -0.39 is 17.7 Å². The Morgan fingerprint density at radius 1 is 1.12 bits per heavy atom. The summed E-state index contributed by atoms with van der Waals surface area (Å²) in [6.45, 7) is 5.84. The molecule has 0 bridgehead atoms. The molecule has 4 nitrogen and oxygen atoms in total. The van der Waals surface area contributed by atoms with Crippen LogP contribution >= 0.6 is 0 Å². The molecule has 1 atom stereocenters. The fourth-order valence-corrected chi connectivity index (χ4v) is 3.06. The molecule has 126 valence electrons. The van der Waals surface area contributed by atoms with Crippen molar-refractivity contribution >= 4 is 17.4 Å². The molecule has 25 heavy (non-hydrogen) atoms. The second kappa shape index (κ2) is 6.77. The van der Waals surface area contributed by atoms with Crippen LogP contribution in [-0.2, 0) is 9.59 Å². The highest BCUT2D eigenvalue weighted by molar-refractivity contribution is 6.46. The minimum absolute atomic E-state index is 0.113. The molecular formula is C21H19NO3. The van der Waals surface area contributed by atoms with Crippen molar-refractivity contribution in [3.63, 3.8) is 0 Å². The molecular weight excluding hydrogens is 314 g/mol. The monoisotopic (exact) mass is 333 g/mol. The number of nitrogens with zero attached hydrogens (tertiary/aromatic N) is 1. The van der Waals surface area contributed by atoms with E-state index in [1.165, 1.54) is 4.90 Å². The van der Waals surface area contributed by atoms with Crippen LogP contribution in [-0.4, -0.2) is 28.2 Å². The number of hydrogen-bond donors (Lipinski definition) is 1. The Labute approximate surface area is 146 Å². The van der Waals surface area contributed by atoms with Gasteiger partial charge in [-0.2, -0.15) is 0 Å². The van der Waals surface area contributed by atoms with Crippen LogP contribution in [0.25, 0.3) is 5.76 Å². The van der Waals surface area contributed by atoms with Gasteiger partial charge >= 0.3 is 0 Å². The van der Waals surface area contributed by atoms with Gasteiger partial charge < -0.3 is 10.0 Å². The standard InChI is InChI=1S/C21H19NO3/c1-3-13-22-18(15-7-5-4-6-8-15)17(20(24)21(22)25)19(23)16-11-9-14(2)10-12-16/h3-12,18,23H,1,13H2,2H3/b19-17+/t18-/m0/s1. The van der Waals surface area contributed by atoms with Crippen LogP contribution < -0.4 is 0 Å². The number of rotatable bonds is 4. The topological polar surface area (TPSA) is 57.6 Å². The molecule has 1 aliphatic rings. The highest BCUT2D eigenvalue weighted by Gasteiger charge is 2.45. The number of Topliss-reactive ketones (excluding diaryl/α,β-unsaturated/α-hetero) is 1. The highest BCUT2D eigenvalue weighted by atomic mass is 16.3. The summed E-state index contributed by atoms with van der Waals surface area (Å²) in [5.74, 6) is -1.45. The zero-order chi connectivity index (χ0) is 18.0. The molecule has 1 N–H and O–H groups in total. The average Bonchev–Trinajstić information content (AvgIpc) is 2.88. The molecule has 4 heteroatoms. The summed E-state index contributed by atoms with van der Waals surface area (Å²) in [4.78, 5) is 26.5. The number of carbonyl (C=O) groups excluding carboxylic acids is 2. The SMILES string of the molecule is C=CCN1C(=O)C(=O)/C(=C(/O)c2ccc(C)cc2)[C@@H]1c1ccccc1. The first-order chi connectivity index (χ1) is 12.0. The molecule has 1 amide bonds. The molecule has 2 aromatic rings. The first-order valence-electron chi connectivity index (χ1n) is 8.06. The Hall–Kier alpha value is -3.14. The second-order valence-corrected chi connectivity index (χ2v) is 6.02. The number of amides is 1. The Morgan fingerprint density at radius 2 is 1.76 bits per heavy atom. The molecule has 0 aliphatic carbocycles. The van der Waals surface area contributed by atoms with Gasteiger partial charge in [0.2, 0.25) is 0 Å². The minimum Gasteiger partial charge on any atom is -0.507 e. The maximum absolute atomic E-state index is 12.6. The molecule has 1 fully saturated rings. The van der Waals surface area contributed by atoms with Crippen molar-refractivity contribution < 1.29 is 14.7 Å². The normalized spacial score (nSPS) is 19.2. The number of likely N-dealkylation sites (tertiary alicyclic amines) is 1. The molecule has 0 radical (unpaired) electrons. The summed E-state index contributed by atoms with van der Waals surface area (Å²) in [6.07, 6.45) is 1.58. The second-order valence-electron chi connectivity index (χ2n) is 6.02. The van der Waals surface area contributed by atoms with E-state index in [-0.39, 0.29) is 17.9 Å². The lowest BCUT2D eigenvalue weighted by molar-refractivity contribution is -0.139. The van der Waals surface area contributed by atoms with E-state index in [9.17, 15) is 14.7 Å². The first-order valence-corrected chi connectivity index (χ1v) is 8.06. The van der Waals surface area contributed by atoms with Crippen LogP contribution in [0.5, 0.6) is 0 Å². The van der Waals surface area contributed by atoms with Gasteiger partial charge in [-0.05, 0) is 12.5 Å². The first kappa shape index (κ1) is 16.7. The maximum Gasteiger partial charge on any atom is 0.295 e. The van der Waals surface area contributed by atoms with Crippen molar-refractivity contribution in [1.29, 1.82) is 0 Å². The summed E-state index contributed by atoms with van der Waals surface area (Å²) in [5, 5.41) is 10.8. The molecule has 1 saturated heterocycles. The lowest BCUT2D eigenvalue weighted by Crippen LogP contribution is -2.29. The van der Waals surface area contributed by atoms with Gasteiger partial charge in [0.05, 0.1) is 11.6 Å². The van der Waals surface area contributed by atoms with Crippen molar-refractivity contribution in [2.24, 2.45) is 0 Å². The number of aliphatic hydroxyl groups is 1. The van der Waals surface area contributed by atoms with Crippen LogP contribution in [0, 0.1) is 6.92 Å². The Kier molecular flexibility index (Phi) is 4.52. The quantitative estimate of drug-likeness (QED) is 0.402. The molecule has 3 rings (SSSR count). The number of benzene rings is 2. The largest absolute Gasteiger partial charge is 0.507 e. The van der Waals surface area contributed by atoms with E-state index in [1.807, 2.05) is 49.4 Å². The minimum atomic E-state index is -0.672. The summed E-state index contributed by atoms with van der Waals surface area (Å²) in [5.41, 5.74) is 2.45. The van der Waals surface area contributed by atoms with Crippen molar-refractivity contribution in [3.8, 4) is 0 Å². The van der Waals surface area contributed by atoms with Gasteiger partial charge in [0.25, 0.3) is 11.7 Å². The lowest BCUT2D eigenvalue weighted by Gasteiger charge is -2.24. The zero-order valence-electron chi connectivity index (χ0n) is 14.0. The Bertz CT molecular complexity index is 850. The smallest absolute Gasteiger partial charge is 0.295 e. The number of aliphatic hydroxyl groups excluding tert-OH is 1. The third kappa shape index (κ3) is 2.98. The van der Waals surface area contributed by atoms with Gasteiger partial charge in [0.1, 0.15) is 5.76 Å². The molecule has 0 spiro atoms. The number of carbonyl (C=O) groups is 2. The molecule has 0 saturated carbocycles. The van der Waals surface area contributed by atoms with Gasteiger partial charge in [0.15, 0.2) is 0 Å². The van der Waals surface area contributed by atoms with Crippen molar-refractivity contribution in [2.45, 2.75) is 13.0 Å². The van der Waals surface area contributed by atoms with Crippen LogP contribution in [0.4, 0.5) is 0 Å². The maximum atomic E-state index is 12.6. The fraction of sp³-hybridized carbons (Fsp3) is 0.143. The predicted octanol–water partition coefficient (Wildman–Crippen LogP) is 3.60. The molecule has 0 aromatic heterocycles. The lowest BCUT2D eigenvalue weighted by atomic mass is 9.95. The van der Waals surface area contributed by atoms with E-state index in [1.54, 1.807) is 18.2 Å². The van der Waals surface area contributed by atoms with Crippen molar-refractivity contribution in [2.75, 3.05) is 6.54 Å². The van der Waals surface area contributed by atoms with Gasteiger partial charge in [-0.15, -0.1) is 6.58 Å². The average molecular weight is 333 g/mol. The zero-order valence-corrected chi connectivity index (χ0v) is 14.0. The van der Waals surface area contributed by atoms with Crippen molar-refractivity contribution in [3.05, 3.63) is 89.5 Å². The predicted molar refractivity (Wildman–Crippen MR) is 96.8 cm³/mol. The summed E-state index contributed by atoms with van der Waals surface area (Å²) >= 11 is 0. The molecule has 0 unspecified atom stereocenters. The number of ketones is 1. The molecule has 2 aromatic carbocycles. The van der Waals surface area contributed by atoms with Gasteiger partial charge in [-0.3, -0.25) is 9.59 Å². The molecule has 1 heterocycles. The summed E-state index contributed by atoms with van der Waals surface area (Å²) < 4.78 is 0. The van der Waals surface area contributed by atoms with Crippen LogP contribution in [0.15, 0.2) is 72.8 Å². The number of aryl methyl sites for hydroxylation is 1. The van der Waals surface area contributed by atoms with E-state index in [0.29, 0.717) is 5.56 Å². The van der Waals surface area contributed by atoms with E-state index in [2.05, 4.69) is 6.58 Å². The summed E-state index contributed by atoms with van der Waals surface area (Å²) in [6, 6.07) is 15.8. The van der Waals surface area contributed by atoms with E-state index >= 15 is 0 Å². The van der Waals surface area contributed by atoms with E-state index in [4.69, 9.17) is 0 Å². The van der Waals surface area contributed by atoms with Gasteiger partial charge in [-0.1, -0.05) is 66.2 Å². The fourth-order valence-electron chi connectivity index (χ4n) is 3.06. The van der Waals surface area contributed by atoms with Gasteiger partial charge in [-0.25, -0.2) is 0 Å². The van der Waals surface area contributed by atoms with Crippen LogP contribution in [0.1, 0.15) is 22.7 Å². The van der Waals surface area contributed by atoms with E-state index in [0.717, 1.165) is 11.1 Å². The van der Waals surface area contributed by atoms with Crippen molar-refractivity contribution in [1.82, 2.24) is 4.90 Å². The Balaban J connectivity index is 2.19. The molecule has 1 aliphatic heterocycles. The van der Waals surface area contributed by atoms with Gasteiger partial charge in [0, 0.05) is 12.1 Å². The third-order valence-electron chi connectivity index (χ3n) is 4.31. The third-order valence-corrected chi connectivity index (χ3v) is 4.31.